The molecule has 2 nitrogen and oxygen atoms in total. The van der Waals surface area contributed by atoms with Crippen LogP contribution in [0.25, 0.3) is 4.85 Å². The Labute approximate surface area is 71.8 Å². The Morgan fingerprint density at radius 1 is 1.60 bits per heavy atom. The topological polar surface area (TPSA) is 17.2 Å². The Balaban J connectivity index is 3.20. The van der Waals surface area contributed by atoms with E-state index in [0.717, 1.165) is 0 Å². The quantitative estimate of drug-likeness (QED) is 0.482. The summed E-state index contributed by atoms with van der Waals surface area (Å²) in [5.41, 5.74) is 0. The van der Waals surface area contributed by atoms with Crippen molar-refractivity contribution in [2.75, 3.05) is 0 Å². The van der Waals surface area contributed by atoms with E-state index in [4.69, 9.17) is 18.2 Å². The fourth-order valence-electron chi connectivity index (χ4n) is 0.470. The number of pyridine rings is 1. The molecule has 1 rings (SSSR count). The van der Waals surface area contributed by atoms with Crippen LogP contribution < -0.4 is 0 Å². The van der Waals surface area contributed by atoms with E-state index in [0.29, 0.717) is 15.4 Å². The van der Waals surface area contributed by atoms with Gasteiger partial charge in [-0.15, -0.1) is 4.98 Å². The number of rotatable bonds is 0. The normalized spacial score (nSPS) is 8.90. The summed E-state index contributed by atoms with van der Waals surface area (Å²) in [5, 5.41) is 0.327. The first-order chi connectivity index (χ1) is 4.74. The van der Waals surface area contributed by atoms with E-state index in [1.54, 1.807) is 12.1 Å². The third-order valence-corrected chi connectivity index (χ3v) is 2.06. The molecule has 1 heterocycles. The summed E-state index contributed by atoms with van der Waals surface area (Å²) in [5.74, 6) is 0.313. The predicted octanol–water partition coefficient (Wildman–Crippen LogP) is 3.05. The van der Waals surface area contributed by atoms with Crippen molar-refractivity contribution in [3.8, 4) is 0 Å². The second-order valence-electron chi connectivity index (χ2n) is 1.55. The molecule has 0 radical (unpaired) electrons. The predicted molar refractivity (Wildman–Crippen MR) is 43.2 cm³/mol. The molecule has 0 aliphatic rings. The third-order valence-electron chi connectivity index (χ3n) is 0.903. The summed E-state index contributed by atoms with van der Waals surface area (Å²) in [6, 6.07) is 3.30. The third kappa shape index (κ3) is 1.47. The van der Waals surface area contributed by atoms with Gasteiger partial charge in [-0.05, 0) is 33.6 Å². The monoisotopic (exact) mass is 216 g/mol. The van der Waals surface area contributed by atoms with E-state index in [1.165, 1.54) is 0 Å². The van der Waals surface area contributed by atoms with Gasteiger partial charge in [-0.3, -0.25) is 0 Å². The lowest BCUT2D eigenvalue weighted by molar-refractivity contribution is 1.33. The van der Waals surface area contributed by atoms with Crippen molar-refractivity contribution in [2.24, 2.45) is 0 Å². The molecule has 0 aromatic carbocycles. The lowest BCUT2D eigenvalue weighted by Crippen LogP contribution is -1.74. The zero-order chi connectivity index (χ0) is 7.56. The number of hydrogen-bond acceptors (Lipinski definition) is 1. The summed E-state index contributed by atoms with van der Waals surface area (Å²) < 4.78 is 0.710. The minimum absolute atomic E-state index is 0.313. The summed E-state index contributed by atoms with van der Waals surface area (Å²) in [6.07, 6.45) is 0. The Morgan fingerprint density at radius 3 is 2.80 bits per heavy atom. The fraction of sp³-hybridized carbons (Fsp3) is 0. The number of aromatic nitrogens is 1. The van der Waals surface area contributed by atoms with Crippen molar-refractivity contribution in [3.63, 3.8) is 0 Å². The van der Waals surface area contributed by atoms with Gasteiger partial charge in [0, 0.05) is 0 Å². The van der Waals surface area contributed by atoms with Crippen molar-refractivity contribution in [2.45, 2.75) is 0 Å². The van der Waals surface area contributed by atoms with Crippen LogP contribution in [0.2, 0.25) is 5.15 Å². The van der Waals surface area contributed by atoms with E-state index in [1.807, 2.05) is 0 Å². The smallest absolute Gasteiger partial charge is 0.271 e. The van der Waals surface area contributed by atoms with Crippen molar-refractivity contribution in [1.29, 1.82) is 0 Å². The molecule has 0 aliphatic heterocycles. The number of halogens is 2. The number of hydrogen-bond donors (Lipinski definition) is 0. The molecule has 0 amide bonds. The van der Waals surface area contributed by atoms with Crippen molar-refractivity contribution >= 4 is 33.3 Å². The molecular formula is C6H2BrClN2. The molecule has 50 valence electrons. The highest BCUT2D eigenvalue weighted by molar-refractivity contribution is 9.10. The van der Waals surface area contributed by atoms with Crippen LogP contribution in [-0.4, -0.2) is 4.98 Å². The lowest BCUT2D eigenvalue weighted by Gasteiger charge is -1.89. The van der Waals surface area contributed by atoms with Crippen LogP contribution in [0.4, 0.5) is 5.82 Å². The molecule has 1 aromatic rings. The van der Waals surface area contributed by atoms with Gasteiger partial charge in [0.2, 0.25) is 5.15 Å². The zero-order valence-electron chi connectivity index (χ0n) is 4.81. The first kappa shape index (κ1) is 7.52. The van der Waals surface area contributed by atoms with E-state index in [9.17, 15) is 0 Å². The van der Waals surface area contributed by atoms with Gasteiger partial charge in [-0.1, -0.05) is 12.6 Å². The maximum Gasteiger partial charge on any atom is 0.271 e. The molecule has 0 atom stereocenters. The highest BCUT2D eigenvalue weighted by Crippen LogP contribution is 2.22. The largest absolute Gasteiger partial charge is 0.361 e. The lowest BCUT2D eigenvalue weighted by atomic mass is 10.5. The Kier molecular flexibility index (Phi) is 2.25. The van der Waals surface area contributed by atoms with Crippen LogP contribution in [0.5, 0.6) is 0 Å². The molecule has 10 heavy (non-hydrogen) atoms. The first-order valence-corrected chi connectivity index (χ1v) is 3.60. The molecule has 0 N–H and O–H groups in total. The molecule has 0 saturated heterocycles. The maximum atomic E-state index is 6.60. The van der Waals surface area contributed by atoms with Gasteiger partial charge >= 0.3 is 0 Å². The SMILES string of the molecule is [C-]#[N+]c1ccc(Br)c(Cl)n1. The highest BCUT2D eigenvalue weighted by Gasteiger charge is 2.01. The minimum Gasteiger partial charge on any atom is -0.361 e. The van der Waals surface area contributed by atoms with Gasteiger partial charge in [0.25, 0.3) is 5.82 Å². The van der Waals surface area contributed by atoms with Crippen LogP contribution >= 0.6 is 27.5 Å². The zero-order valence-corrected chi connectivity index (χ0v) is 7.15. The maximum absolute atomic E-state index is 6.60. The van der Waals surface area contributed by atoms with Gasteiger partial charge in [0.1, 0.15) is 0 Å². The molecule has 0 spiro atoms. The summed E-state index contributed by atoms with van der Waals surface area (Å²) in [4.78, 5) is 6.86. The number of nitrogens with zero attached hydrogens (tertiary/aromatic N) is 2. The van der Waals surface area contributed by atoms with Gasteiger partial charge in [0.15, 0.2) is 0 Å². The summed E-state index contributed by atoms with van der Waals surface area (Å²) in [7, 11) is 0. The van der Waals surface area contributed by atoms with Crippen molar-refractivity contribution in [1.82, 2.24) is 4.98 Å². The summed E-state index contributed by atoms with van der Waals surface area (Å²) in [6.45, 7) is 6.60. The average molecular weight is 217 g/mol. The second-order valence-corrected chi connectivity index (χ2v) is 2.77. The van der Waals surface area contributed by atoms with Crippen LogP contribution in [0.1, 0.15) is 0 Å². The van der Waals surface area contributed by atoms with Crippen LogP contribution in [0, 0.1) is 6.57 Å². The summed E-state index contributed by atoms with van der Waals surface area (Å²) >= 11 is 8.75. The second kappa shape index (κ2) is 3.00. The van der Waals surface area contributed by atoms with Crippen LogP contribution in [-0.2, 0) is 0 Å². The van der Waals surface area contributed by atoms with Gasteiger partial charge in [-0.25, -0.2) is 0 Å². The van der Waals surface area contributed by atoms with E-state index in [2.05, 4.69) is 25.8 Å². The minimum atomic E-state index is 0.313. The Bertz CT molecular complexity index is 292. The highest BCUT2D eigenvalue weighted by atomic mass is 79.9. The van der Waals surface area contributed by atoms with Gasteiger partial charge in [-0.2, -0.15) is 0 Å². The van der Waals surface area contributed by atoms with Crippen LogP contribution in [0.3, 0.4) is 0 Å². The Morgan fingerprint density at radius 2 is 2.30 bits per heavy atom. The Hall–Kier alpha value is -0.590. The molecule has 4 heteroatoms. The van der Waals surface area contributed by atoms with Gasteiger partial charge in [0.05, 0.1) is 4.47 Å². The first-order valence-electron chi connectivity index (χ1n) is 2.43. The average Bonchev–Trinajstić information content (AvgIpc) is 1.95. The van der Waals surface area contributed by atoms with Crippen molar-refractivity contribution < 1.29 is 0 Å². The van der Waals surface area contributed by atoms with E-state index >= 15 is 0 Å². The van der Waals surface area contributed by atoms with E-state index in [-0.39, 0.29) is 0 Å². The van der Waals surface area contributed by atoms with Crippen molar-refractivity contribution in [3.05, 3.63) is 33.2 Å². The standard InChI is InChI=1S/C6H2BrClN2/c1-9-5-3-2-4(7)6(8)10-5/h2-3H. The molecule has 1 aromatic heterocycles. The molecule has 0 bridgehead atoms. The fourth-order valence-corrected chi connectivity index (χ4v) is 0.840. The molecule has 0 unspecified atom stereocenters. The molecular weight excluding hydrogens is 215 g/mol. The van der Waals surface area contributed by atoms with Crippen LogP contribution in [0.15, 0.2) is 16.6 Å². The molecule has 0 aliphatic carbocycles. The van der Waals surface area contributed by atoms with E-state index < -0.39 is 0 Å². The van der Waals surface area contributed by atoms with Gasteiger partial charge < -0.3 is 4.85 Å². The molecule has 0 fully saturated rings. The molecule has 0 saturated carbocycles.